The van der Waals surface area contributed by atoms with Crippen molar-refractivity contribution in [3.05, 3.63) is 0 Å². The molecule has 0 fully saturated rings. The van der Waals surface area contributed by atoms with Crippen LogP contribution in [0.4, 0.5) is 0 Å². The third kappa shape index (κ3) is 15.8. The molecule has 0 aromatic carbocycles. The zero-order chi connectivity index (χ0) is 11.3. The molecule has 0 bridgehead atoms. The summed E-state index contributed by atoms with van der Waals surface area (Å²) in [6.45, 7) is 1.40. The van der Waals surface area contributed by atoms with Crippen molar-refractivity contribution in [3.8, 4) is 0 Å². The van der Waals surface area contributed by atoms with Gasteiger partial charge >= 0.3 is 15.2 Å². The van der Waals surface area contributed by atoms with Gasteiger partial charge in [0, 0.05) is 0 Å². The standard InChI is InChI=1S/C2H6BrO3P.CH4ClO3P/c1-2(3)7(4,5)6;2-1-6(3,4)5/h2H,1H3,(H2,4,5,6);1H2,(H2,3,4,5). The van der Waals surface area contributed by atoms with E-state index in [-0.39, 0.29) is 0 Å². The van der Waals surface area contributed by atoms with Crippen LogP contribution in [0.15, 0.2) is 0 Å². The Morgan fingerprint density at radius 1 is 1.31 bits per heavy atom. The predicted octanol–water partition coefficient (Wildman–Crippen LogP) is 1.27. The van der Waals surface area contributed by atoms with Crippen molar-refractivity contribution >= 4 is 42.7 Å². The summed E-state index contributed by atoms with van der Waals surface area (Å²) in [5, 5.41) is 0. The normalized spacial score (nSPS) is 14.4. The molecule has 0 rings (SSSR count). The maximum absolute atomic E-state index is 9.98. The van der Waals surface area contributed by atoms with E-state index in [1.165, 1.54) is 6.92 Å². The van der Waals surface area contributed by atoms with Gasteiger partial charge in [0.2, 0.25) is 0 Å². The number of alkyl halides is 2. The molecule has 6 nitrogen and oxygen atoms in total. The average Bonchev–Trinajstić information content (AvgIpc) is 1.85. The topological polar surface area (TPSA) is 115 Å². The van der Waals surface area contributed by atoms with Gasteiger partial charge in [0.25, 0.3) is 0 Å². The Hall–Kier alpha value is 1.07. The Morgan fingerprint density at radius 2 is 1.46 bits per heavy atom. The van der Waals surface area contributed by atoms with Crippen LogP contribution in [0.2, 0.25) is 0 Å². The van der Waals surface area contributed by atoms with Crippen LogP contribution in [0.3, 0.4) is 0 Å². The fourth-order valence-electron chi connectivity index (χ4n) is 0. The van der Waals surface area contributed by atoms with Gasteiger partial charge in [-0.2, -0.15) is 0 Å². The number of hydrogen-bond donors (Lipinski definition) is 4. The lowest BCUT2D eigenvalue weighted by Crippen LogP contribution is -1.89. The van der Waals surface area contributed by atoms with Crippen molar-refractivity contribution in [2.75, 3.05) is 5.62 Å². The van der Waals surface area contributed by atoms with E-state index in [1.54, 1.807) is 0 Å². The fourth-order valence-corrected chi connectivity index (χ4v) is 0. The molecule has 13 heavy (non-hydrogen) atoms. The SMILES string of the molecule is CC(Br)P(=O)(O)O.O=P(O)(O)CCl. The molecule has 0 aliphatic carbocycles. The smallest absolute Gasteiger partial charge is 0.324 e. The minimum Gasteiger partial charge on any atom is -0.324 e. The van der Waals surface area contributed by atoms with Crippen LogP contribution in [0.25, 0.3) is 0 Å². The number of rotatable bonds is 2. The van der Waals surface area contributed by atoms with E-state index < -0.39 is 25.4 Å². The molecule has 0 aromatic rings. The summed E-state index contributed by atoms with van der Waals surface area (Å²) in [6, 6.07) is 0. The highest BCUT2D eigenvalue weighted by atomic mass is 79.9. The molecule has 0 aliphatic heterocycles. The second kappa shape index (κ2) is 6.53. The van der Waals surface area contributed by atoms with E-state index in [9.17, 15) is 9.13 Å². The first-order chi connectivity index (χ1) is 5.50. The van der Waals surface area contributed by atoms with Crippen molar-refractivity contribution in [3.63, 3.8) is 0 Å². The first kappa shape index (κ1) is 16.5. The maximum atomic E-state index is 9.98. The van der Waals surface area contributed by atoms with Gasteiger partial charge in [0.15, 0.2) is 0 Å². The molecular weight excluding hydrogens is 309 g/mol. The highest BCUT2D eigenvalue weighted by molar-refractivity contribution is 9.10. The zero-order valence-corrected chi connectivity index (χ0v) is 10.7. The monoisotopic (exact) mass is 318 g/mol. The van der Waals surface area contributed by atoms with Crippen LogP contribution in [0.5, 0.6) is 0 Å². The van der Waals surface area contributed by atoms with Gasteiger partial charge in [-0.05, 0) is 6.92 Å². The van der Waals surface area contributed by atoms with E-state index in [4.69, 9.17) is 31.2 Å². The lowest BCUT2D eigenvalue weighted by molar-refractivity contribution is 0.371. The molecular formula is C3H10BrClO6P2. The van der Waals surface area contributed by atoms with Gasteiger partial charge in [-0.15, -0.1) is 11.6 Å². The lowest BCUT2D eigenvalue weighted by Gasteiger charge is -2.02. The fraction of sp³-hybridized carbons (Fsp3) is 1.00. The van der Waals surface area contributed by atoms with Gasteiger partial charge in [0.05, 0.1) is 0 Å². The Bertz CT molecular complexity index is 220. The molecule has 82 valence electrons. The Balaban J connectivity index is 0. The van der Waals surface area contributed by atoms with E-state index in [2.05, 4.69) is 15.9 Å². The quantitative estimate of drug-likeness (QED) is 0.450. The van der Waals surface area contributed by atoms with E-state index in [0.29, 0.717) is 0 Å². The molecule has 4 N–H and O–H groups in total. The van der Waals surface area contributed by atoms with Crippen LogP contribution in [0.1, 0.15) is 6.92 Å². The molecule has 0 saturated carbocycles. The van der Waals surface area contributed by atoms with Crippen molar-refractivity contribution in [1.29, 1.82) is 0 Å². The van der Waals surface area contributed by atoms with Gasteiger partial charge in [0.1, 0.15) is 10.2 Å². The Labute approximate surface area is 88.7 Å². The molecule has 10 heteroatoms. The predicted molar refractivity (Wildman–Crippen MR) is 53.2 cm³/mol. The molecule has 0 radical (unpaired) electrons. The third-order valence-corrected chi connectivity index (χ3v) is 4.39. The summed E-state index contributed by atoms with van der Waals surface area (Å²) in [6.07, 6.45) is 0. The molecule has 1 atom stereocenters. The van der Waals surface area contributed by atoms with Crippen molar-refractivity contribution in [1.82, 2.24) is 0 Å². The minimum atomic E-state index is -3.88. The zero-order valence-electron chi connectivity index (χ0n) is 6.54. The largest absolute Gasteiger partial charge is 0.340 e. The summed E-state index contributed by atoms with van der Waals surface area (Å²) < 4.78 is 18.8. The molecule has 0 amide bonds. The number of halogens is 2. The first-order valence-corrected chi connectivity index (χ1v) is 7.73. The van der Waals surface area contributed by atoms with Crippen LogP contribution >= 0.6 is 42.7 Å². The number of hydrogen-bond acceptors (Lipinski definition) is 2. The summed E-state index contributed by atoms with van der Waals surface area (Å²) in [5.74, 6) is 0. The van der Waals surface area contributed by atoms with Crippen LogP contribution in [-0.4, -0.2) is 29.8 Å². The molecule has 1 unspecified atom stereocenters. The summed E-state index contributed by atoms with van der Waals surface area (Å²) in [7, 11) is -7.70. The lowest BCUT2D eigenvalue weighted by atomic mass is 11.0. The van der Waals surface area contributed by atoms with Gasteiger partial charge < -0.3 is 19.6 Å². The second-order valence-electron chi connectivity index (χ2n) is 1.95. The van der Waals surface area contributed by atoms with E-state index >= 15 is 0 Å². The van der Waals surface area contributed by atoms with Gasteiger partial charge in [-0.3, -0.25) is 9.13 Å². The first-order valence-electron chi connectivity index (χ1n) is 2.80. The Morgan fingerprint density at radius 3 is 1.46 bits per heavy atom. The average molecular weight is 319 g/mol. The second-order valence-corrected chi connectivity index (χ2v) is 8.27. The van der Waals surface area contributed by atoms with Gasteiger partial charge in [-0.1, -0.05) is 15.9 Å². The summed E-state index contributed by atoms with van der Waals surface area (Å²) >= 11 is 7.45. The minimum absolute atomic E-state index is 0.590. The third-order valence-electron chi connectivity index (χ3n) is 0.619. The van der Waals surface area contributed by atoms with Crippen LogP contribution in [-0.2, 0) is 9.13 Å². The van der Waals surface area contributed by atoms with Crippen molar-refractivity contribution in [2.24, 2.45) is 0 Å². The van der Waals surface area contributed by atoms with Crippen LogP contribution in [0, 0.1) is 0 Å². The van der Waals surface area contributed by atoms with Crippen molar-refractivity contribution in [2.45, 2.75) is 11.5 Å². The van der Waals surface area contributed by atoms with Crippen LogP contribution < -0.4 is 0 Å². The molecule has 0 saturated heterocycles. The Kier molecular flexibility index (Phi) is 8.29. The van der Waals surface area contributed by atoms with Gasteiger partial charge in [-0.25, -0.2) is 0 Å². The maximum Gasteiger partial charge on any atom is 0.340 e. The molecule has 0 aliphatic rings. The highest BCUT2D eigenvalue weighted by Crippen LogP contribution is 2.43. The van der Waals surface area contributed by atoms with Crippen molar-refractivity contribution < 1.29 is 28.7 Å². The van der Waals surface area contributed by atoms with E-state index in [1.807, 2.05) is 0 Å². The summed E-state index contributed by atoms with van der Waals surface area (Å²) in [4.78, 5) is 31.9. The highest BCUT2D eigenvalue weighted by Gasteiger charge is 2.19. The molecule has 0 spiro atoms. The molecule has 0 heterocycles. The summed E-state index contributed by atoms with van der Waals surface area (Å²) in [5.41, 5.74) is -0.590. The van der Waals surface area contributed by atoms with E-state index in [0.717, 1.165) is 0 Å². The molecule has 0 aromatic heterocycles.